The lowest BCUT2D eigenvalue weighted by atomic mass is 10.1. The van der Waals surface area contributed by atoms with Gasteiger partial charge in [-0.2, -0.15) is 0 Å². The van der Waals surface area contributed by atoms with Gasteiger partial charge in [0.25, 0.3) is 0 Å². The second-order valence-corrected chi connectivity index (χ2v) is 4.63. The van der Waals surface area contributed by atoms with Crippen molar-refractivity contribution in [2.45, 2.75) is 19.9 Å². The first-order chi connectivity index (χ1) is 7.18. The quantitative estimate of drug-likeness (QED) is 0.841. The topological polar surface area (TPSA) is 38.9 Å². The highest BCUT2D eigenvalue weighted by molar-refractivity contribution is 7.10. The third-order valence-electron chi connectivity index (χ3n) is 2.48. The second kappa shape index (κ2) is 4.13. The number of rotatable bonds is 2. The molecule has 2 rings (SSSR count). The minimum Gasteiger partial charge on any atom is -0.320 e. The molecule has 3 heteroatoms. The molecule has 15 heavy (non-hydrogen) atoms. The number of hydrogen-bond acceptors (Lipinski definition) is 3. The predicted octanol–water partition coefficient (Wildman–Crippen LogP) is 2.81. The summed E-state index contributed by atoms with van der Waals surface area (Å²) in [5.41, 5.74) is 9.54. The SMILES string of the molecule is Cc1ccc(C(N)c2sccc2C)cn1. The number of aryl methyl sites for hydroxylation is 2. The molecule has 0 aliphatic rings. The van der Waals surface area contributed by atoms with Gasteiger partial charge in [-0.15, -0.1) is 11.3 Å². The van der Waals surface area contributed by atoms with Gasteiger partial charge in [0.2, 0.25) is 0 Å². The lowest BCUT2D eigenvalue weighted by Crippen LogP contribution is -2.11. The first kappa shape index (κ1) is 10.3. The van der Waals surface area contributed by atoms with E-state index in [1.54, 1.807) is 11.3 Å². The van der Waals surface area contributed by atoms with E-state index in [4.69, 9.17) is 5.73 Å². The van der Waals surface area contributed by atoms with E-state index in [1.807, 2.05) is 25.3 Å². The summed E-state index contributed by atoms with van der Waals surface area (Å²) in [6.45, 7) is 4.07. The number of pyridine rings is 1. The third kappa shape index (κ3) is 2.08. The monoisotopic (exact) mass is 218 g/mol. The maximum atomic E-state index is 6.18. The summed E-state index contributed by atoms with van der Waals surface area (Å²) in [6, 6.07) is 6.10. The number of nitrogens with two attached hydrogens (primary N) is 1. The molecular formula is C12H14N2S. The van der Waals surface area contributed by atoms with E-state index >= 15 is 0 Å². The number of thiophene rings is 1. The normalized spacial score (nSPS) is 12.7. The van der Waals surface area contributed by atoms with Crippen LogP contribution in [0.5, 0.6) is 0 Å². The predicted molar refractivity (Wildman–Crippen MR) is 64.1 cm³/mol. The van der Waals surface area contributed by atoms with Crippen LogP contribution in [0.25, 0.3) is 0 Å². The van der Waals surface area contributed by atoms with Crippen LogP contribution in [0, 0.1) is 13.8 Å². The molecular weight excluding hydrogens is 204 g/mol. The lowest BCUT2D eigenvalue weighted by molar-refractivity contribution is 0.873. The number of aromatic nitrogens is 1. The molecule has 0 aromatic carbocycles. The Kier molecular flexibility index (Phi) is 2.84. The average Bonchev–Trinajstić information content (AvgIpc) is 2.65. The van der Waals surface area contributed by atoms with Gasteiger partial charge in [-0.1, -0.05) is 6.07 Å². The van der Waals surface area contributed by atoms with Crippen LogP contribution in [-0.4, -0.2) is 4.98 Å². The molecule has 0 saturated carbocycles. The van der Waals surface area contributed by atoms with Crippen molar-refractivity contribution in [2.24, 2.45) is 5.73 Å². The van der Waals surface area contributed by atoms with Crippen molar-refractivity contribution in [3.63, 3.8) is 0 Å². The molecule has 2 nitrogen and oxygen atoms in total. The second-order valence-electron chi connectivity index (χ2n) is 3.68. The average molecular weight is 218 g/mol. The van der Waals surface area contributed by atoms with Gasteiger partial charge < -0.3 is 5.73 Å². The zero-order chi connectivity index (χ0) is 10.8. The van der Waals surface area contributed by atoms with Crippen molar-refractivity contribution in [1.29, 1.82) is 0 Å². The molecule has 0 saturated heterocycles. The van der Waals surface area contributed by atoms with Crippen LogP contribution in [0.2, 0.25) is 0 Å². The van der Waals surface area contributed by atoms with E-state index in [9.17, 15) is 0 Å². The molecule has 78 valence electrons. The molecule has 0 fully saturated rings. The van der Waals surface area contributed by atoms with Gasteiger partial charge in [0, 0.05) is 16.8 Å². The Balaban J connectivity index is 2.32. The fraction of sp³-hybridized carbons (Fsp3) is 0.250. The van der Waals surface area contributed by atoms with Crippen molar-refractivity contribution >= 4 is 11.3 Å². The summed E-state index contributed by atoms with van der Waals surface area (Å²) >= 11 is 1.70. The van der Waals surface area contributed by atoms with Gasteiger partial charge >= 0.3 is 0 Å². The summed E-state index contributed by atoms with van der Waals surface area (Å²) < 4.78 is 0. The Labute approximate surface area is 93.8 Å². The van der Waals surface area contributed by atoms with Crippen LogP contribution in [0.15, 0.2) is 29.8 Å². The Morgan fingerprint density at radius 2 is 2.07 bits per heavy atom. The first-order valence-corrected chi connectivity index (χ1v) is 5.78. The smallest absolute Gasteiger partial charge is 0.0663 e. The molecule has 2 heterocycles. The van der Waals surface area contributed by atoms with Gasteiger partial charge in [-0.05, 0) is 42.5 Å². The van der Waals surface area contributed by atoms with E-state index in [0.29, 0.717) is 0 Å². The van der Waals surface area contributed by atoms with Crippen LogP contribution in [0.4, 0.5) is 0 Å². The first-order valence-electron chi connectivity index (χ1n) is 4.90. The maximum Gasteiger partial charge on any atom is 0.0663 e. The standard InChI is InChI=1S/C12H14N2S/c1-8-5-6-15-12(8)11(13)10-4-3-9(2)14-7-10/h3-7,11H,13H2,1-2H3. The van der Waals surface area contributed by atoms with E-state index in [-0.39, 0.29) is 6.04 Å². The number of hydrogen-bond donors (Lipinski definition) is 1. The molecule has 0 amide bonds. The van der Waals surface area contributed by atoms with Crippen LogP contribution in [0.1, 0.15) is 27.7 Å². The Morgan fingerprint density at radius 1 is 1.27 bits per heavy atom. The summed E-state index contributed by atoms with van der Waals surface area (Å²) in [5.74, 6) is 0. The van der Waals surface area contributed by atoms with Crippen LogP contribution in [0.3, 0.4) is 0 Å². The van der Waals surface area contributed by atoms with E-state index in [1.165, 1.54) is 10.4 Å². The maximum absolute atomic E-state index is 6.18. The van der Waals surface area contributed by atoms with Gasteiger partial charge in [-0.25, -0.2) is 0 Å². The molecule has 1 unspecified atom stereocenters. The minimum absolute atomic E-state index is 0.0434. The fourth-order valence-electron chi connectivity index (χ4n) is 1.52. The summed E-state index contributed by atoms with van der Waals surface area (Å²) in [6.07, 6.45) is 1.86. The Morgan fingerprint density at radius 3 is 2.60 bits per heavy atom. The molecule has 2 N–H and O–H groups in total. The van der Waals surface area contributed by atoms with Crippen LogP contribution < -0.4 is 5.73 Å². The van der Waals surface area contributed by atoms with Crippen molar-refractivity contribution in [2.75, 3.05) is 0 Å². The zero-order valence-corrected chi connectivity index (χ0v) is 9.71. The van der Waals surface area contributed by atoms with Crippen LogP contribution in [-0.2, 0) is 0 Å². The molecule has 0 radical (unpaired) electrons. The van der Waals surface area contributed by atoms with Gasteiger partial charge in [0.05, 0.1) is 6.04 Å². The van der Waals surface area contributed by atoms with Gasteiger partial charge in [0.15, 0.2) is 0 Å². The molecule has 2 aromatic heterocycles. The summed E-state index contributed by atoms with van der Waals surface area (Å²) in [4.78, 5) is 5.49. The van der Waals surface area contributed by atoms with Gasteiger partial charge in [-0.3, -0.25) is 4.98 Å². The van der Waals surface area contributed by atoms with Gasteiger partial charge in [0.1, 0.15) is 0 Å². The Bertz CT molecular complexity index is 445. The zero-order valence-electron chi connectivity index (χ0n) is 8.90. The Hall–Kier alpha value is -1.19. The van der Waals surface area contributed by atoms with Crippen molar-refractivity contribution < 1.29 is 0 Å². The summed E-state index contributed by atoms with van der Waals surface area (Å²) in [7, 11) is 0. The van der Waals surface area contributed by atoms with E-state index < -0.39 is 0 Å². The van der Waals surface area contributed by atoms with Crippen molar-refractivity contribution in [3.05, 3.63) is 51.5 Å². The number of nitrogens with zero attached hydrogens (tertiary/aromatic N) is 1. The largest absolute Gasteiger partial charge is 0.320 e. The summed E-state index contributed by atoms with van der Waals surface area (Å²) in [5, 5.41) is 2.08. The highest BCUT2D eigenvalue weighted by Crippen LogP contribution is 2.26. The molecule has 1 atom stereocenters. The van der Waals surface area contributed by atoms with Crippen LogP contribution >= 0.6 is 11.3 Å². The fourth-order valence-corrected chi connectivity index (χ4v) is 2.47. The van der Waals surface area contributed by atoms with Crippen molar-refractivity contribution in [3.8, 4) is 0 Å². The molecule has 0 aliphatic heterocycles. The highest BCUT2D eigenvalue weighted by Gasteiger charge is 2.12. The molecule has 0 bridgehead atoms. The molecule has 2 aromatic rings. The molecule has 0 aliphatic carbocycles. The van der Waals surface area contributed by atoms with E-state index in [2.05, 4.69) is 23.4 Å². The third-order valence-corrected chi connectivity index (χ3v) is 3.58. The minimum atomic E-state index is -0.0434. The van der Waals surface area contributed by atoms with Crippen molar-refractivity contribution in [1.82, 2.24) is 4.98 Å². The van der Waals surface area contributed by atoms with E-state index in [0.717, 1.165) is 11.3 Å². The highest BCUT2D eigenvalue weighted by atomic mass is 32.1. The lowest BCUT2D eigenvalue weighted by Gasteiger charge is -2.11. The molecule has 0 spiro atoms.